The van der Waals surface area contributed by atoms with Crippen LogP contribution in [0.3, 0.4) is 0 Å². The third-order valence-electron chi connectivity index (χ3n) is 5.06. The number of amides is 1. The molecule has 4 rings (SSSR count). The average molecular weight is 339 g/mol. The minimum atomic E-state index is -0.0192. The van der Waals surface area contributed by atoms with E-state index in [0.29, 0.717) is 5.92 Å². The molecule has 0 aliphatic heterocycles. The molecule has 5 nitrogen and oxygen atoms in total. The van der Waals surface area contributed by atoms with Crippen LogP contribution in [-0.4, -0.2) is 28.9 Å². The summed E-state index contributed by atoms with van der Waals surface area (Å²) in [5.41, 5.74) is 3.66. The van der Waals surface area contributed by atoms with Crippen molar-refractivity contribution in [2.24, 2.45) is 5.92 Å². The number of carbonyl (C=O) groups excluding carboxylic acids is 1. The van der Waals surface area contributed by atoms with Gasteiger partial charge in [0.1, 0.15) is 6.61 Å². The number of ether oxygens (including phenoxy) is 1. The van der Waals surface area contributed by atoms with E-state index >= 15 is 0 Å². The Morgan fingerprint density at radius 1 is 1.24 bits per heavy atom. The normalized spacial score (nSPS) is 19.4. The number of hydrogen-bond acceptors (Lipinski definition) is 3. The SMILES string of the molecule is O=C(COCC1CC1)N[C@@H]1CCCc2c1cnn2Cc1ccccc1. The molecule has 1 aromatic heterocycles. The first kappa shape index (κ1) is 16.3. The highest BCUT2D eigenvalue weighted by Gasteiger charge is 2.26. The number of nitrogens with zero attached hydrogens (tertiary/aromatic N) is 2. The van der Waals surface area contributed by atoms with Crippen LogP contribution in [0, 0.1) is 5.92 Å². The summed E-state index contributed by atoms with van der Waals surface area (Å²) in [5, 5.41) is 7.71. The molecule has 0 spiro atoms. The van der Waals surface area contributed by atoms with Gasteiger partial charge >= 0.3 is 0 Å². The lowest BCUT2D eigenvalue weighted by Crippen LogP contribution is -2.33. The Labute approximate surface area is 148 Å². The number of nitrogens with one attached hydrogen (secondary N) is 1. The number of carbonyl (C=O) groups is 1. The molecule has 0 unspecified atom stereocenters. The van der Waals surface area contributed by atoms with Gasteiger partial charge in [0.2, 0.25) is 5.91 Å². The molecule has 1 atom stereocenters. The Morgan fingerprint density at radius 2 is 2.08 bits per heavy atom. The zero-order chi connectivity index (χ0) is 17.1. The molecule has 2 aliphatic rings. The topological polar surface area (TPSA) is 56.1 Å². The van der Waals surface area contributed by atoms with Crippen molar-refractivity contribution in [1.82, 2.24) is 15.1 Å². The quantitative estimate of drug-likeness (QED) is 0.844. The summed E-state index contributed by atoms with van der Waals surface area (Å²) in [6.45, 7) is 1.67. The van der Waals surface area contributed by atoms with Crippen molar-refractivity contribution in [3.05, 3.63) is 53.3 Å². The van der Waals surface area contributed by atoms with Crippen molar-refractivity contribution in [3.63, 3.8) is 0 Å². The van der Waals surface area contributed by atoms with E-state index in [2.05, 4.69) is 39.4 Å². The monoisotopic (exact) mass is 339 g/mol. The van der Waals surface area contributed by atoms with Gasteiger partial charge in [-0.1, -0.05) is 30.3 Å². The molecule has 132 valence electrons. The minimum absolute atomic E-state index is 0.0192. The number of benzene rings is 1. The molecular formula is C20H25N3O2. The van der Waals surface area contributed by atoms with Gasteiger partial charge in [0.05, 0.1) is 25.4 Å². The second-order valence-electron chi connectivity index (χ2n) is 7.16. The average Bonchev–Trinajstić information content (AvgIpc) is 3.36. The highest BCUT2D eigenvalue weighted by Crippen LogP contribution is 2.30. The first-order valence-corrected chi connectivity index (χ1v) is 9.25. The van der Waals surface area contributed by atoms with Crippen LogP contribution in [0.25, 0.3) is 0 Å². The first-order chi connectivity index (χ1) is 12.3. The standard InChI is InChI=1S/C20H25N3O2/c24-20(14-25-13-16-9-10-16)22-18-7-4-8-19-17(18)11-21-23(19)12-15-5-2-1-3-6-15/h1-3,5-6,11,16,18H,4,7-10,12-14H2,(H,22,24)/t18-/m1/s1. The van der Waals surface area contributed by atoms with E-state index in [-0.39, 0.29) is 18.6 Å². The Kier molecular flexibility index (Phi) is 4.83. The molecule has 25 heavy (non-hydrogen) atoms. The van der Waals surface area contributed by atoms with Crippen molar-refractivity contribution in [2.45, 2.75) is 44.7 Å². The Hall–Kier alpha value is -2.14. The highest BCUT2D eigenvalue weighted by atomic mass is 16.5. The maximum Gasteiger partial charge on any atom is 0.246 e. The number of fused-ring (bicyclic) bond motifs is 1. The molecule has 2 aliphatic carbocycles. The third kappa shape index (κ3) is 4.10. The van der Waals surface area contributed by atoms with Crippen molar-refractivity contribution in [2.75, 3.05) is 13.2 Å². The van der Waals surface area contributed by atoms with Gasteiger partial charge < -0.3 is 10.1 Å². The summed E-state index contributed by atoms with van der Waals surface area (Å²) in [6.07, 6.45) is 7.47. The molecule has 0 radical (unpaired) electrons. The van der Waals surface area contributed by atoms with Crippen molar-refractivity contribution in [3.8, 4) is 0 Å². The number of aromatic nitrogens is 2. The van der Waals surface area contributed by atoms with Crippen molar-refractivity contribution in [1.29, 1.82) is 0 Å². The Morgan fingerprint density at radius 3 is 2.88 bits per heavy atom. The van der Waals surface area contributed by atoms with Crippen LogP contribution in [0.2, 0.25) is 0 Å². The summed E-state index contributed by atoms with van der Waals surface area (Å²) >= 11 is 0. The molecule has 5 heteroatoms. The van der Waals surface area contributed by atoms with Crippen LogP contribution in [-0.2, 0) is 22.5 Å². The fourth-order valence-electron chi connectivity index (χ4n) is 3.50. The van der Waals surface area contributed by atoms with Gasteiger partial charge in [-0.2, -0.15) is 5.10 Å². The molecule has 2 aromatic rings. The van der Waals surface area contributed by atoms with E-state index in [9.17, 15) is 4.79 Å². The number of hydrogen-bond donors (Lipinski definition) is 1. The first-order valence-electron chi connectivity index (χ1n) is 9.25. The van der Waals surface area contributed by atoms with Gasteiger partial charge in [0.25, 0.3) is 0 Å². The molecule has 0 bridgehead atoms. The summed E-state index contributed by atoms with van der Waals surface area (Å²) < 4.78 is 7.58. The molecule has 1 amide bonds. The summed E-state index contributed by atoms with van der Waals surface area (Å²) in [4.78, 5) is 12.2. The Bertz CT molecular complexity index is 722. The smallest absolute Gasteiger partial charge is 0.246 e. The van der Waals surface area contributed by atoms with E-state index in [1.165, 1.54) is 24.1 Å². The fourth-order valence-corrected chi connectivity index (χ4v) is 3.50. The van der Waals surface area contributed by atoms with Gasteiger partial charge in [-0.3, -0.25) is 9.48 Å². The van der Waals surface area contributed by atoms with Crippen LogP contribution in [0.5, 0.6) is 0 Å². The van der Waals surface area contributed by atoms with Crippen LogP contribution < -0.4 is 5.32 Å². The van der Waals surface area contributed by atoms with Crippen LogP contribution in [0.4, 0.5) is 0 Å². The van der Waals surface area contributed by atoms with Crippen LogP contribution in [0.15, 0.2) is 36.5 Å². The molecule has 1 aromatic carbocycles. The summed E-state index contributed by atoms with van der Waals surface area (Å²) in [6, 6.07) is 10.4. The van der Waals surface area contributed by atoms with E-state index in [1.54, 1.807) is 0 Å². The number of rotatable bonds is 7. The van der Waals surface area contributed by atoms with Gasteiger partial charge in [-0.05, 0) is 43.6 Å². The lowest BCUT2D eigenvalue weighted by molar-refractivity contribution is -0.126. The maximum absolute atomic E-state index is 12.2. The highest BCUT2D eigenvalue weighted by molar-refractivity contribution is 5.77. The van der Waals surface area contributed by atoms with Gasteiger partial charge in [0, 0.05) is 11.3 Å². The zero-order valence-corrected chi connectivity index (χ0v) is 14.5. The molecule has 1 saturated carbocycles. The lowest BCUT2D eigenvalue weighted by Gasteiger charge is -2.24. The van der Waals surface area contributed by atoms with Crippen LogP contribution in [0.1, 0.15) is 48.5 Å². The minimum Gasteiger partial charge on any atom is -0.371 e. The molecular weight excluding hydrogens is 314 g/mol. The second-order valence-corrected chi connectivity index (χ2v) is 7.16. The van der Waals surface area contributed by atoms with E-state index in [0.717, 1.165) is 38.0 Å². The predicted octanol–water partition coefficient (Wildman–Crippen LogP) is 2.85. The zero-order valence-electron chi connectivity index (χ0n) is 14.5. The van der Waals surface area contributed by atoms with E-state index in [1.807, 2.05) is 12.3 Å². The molecule has 1 N–H and O–H groups in total. The summed E-state index contributed by atoms with van der Waals surface area (Å²) in [7, 11) is 0. The Balaban J connectivity index is 1.38. The lowest BCUT2D eigenvalue weighted by atomic mass is 9.93. The fraction of sp³-hybridized carbons (Fsp3) is 0.500. The third-order valence-corrected chi connectivity index (χ3v) is 5.06. The predicted molar refractivity (Wildman–Crippen MR) is 95.1 cm³/mol. The molecule has 0 saturated heterocycles. The molecule has 1 heterocycles. The molecule has 1 fully saturated rings. The van der Waals surface area contributed by atoms with Crippen molar-refractivity contribution < 1.29 is 9.53 Å². The van der Waals surface area contributed by atoms with E-state index < -0.39 is 0 Å². The van der Waals surface area contributed by atoms with Crippen LogP contribution >= 0.6 is 0 Å². The van der Waals surface area contributed by atoms with Crippen molar-refractivity contribution >= 4 is 5.91 Å². The largest absolute Gasteiger partial charge is 0.371 e. The second kappa shape index (κ2) is 7.40. The maximum atomic E-state index is 12.2. The van der Waals surface area contributed by atoms with Gasteiger partial charge in [-0.25, -0.2) is 0 Å². The van der Waals surface area contributed by atoms with E-state index in [4.69, 9.17) is 4.74 Å². The van der Waals surface area contributed by atoms with Gasteiger partial charge in [0.15, 0.2) is 0 Å². The van der Waals surface area contributed by atoms with Gasteiger partial charge in [-0.15, -0.1) is 0 Å². The summed E-state index contributed by atoms with van der Waals surface area (Å²) in [5.74, 6) is 0.666.